The van der Waals surface area contributed by atoms with Crippen LogP contribution in [0.4, 0.5) is 4.79 Å². The van der Waals surface area contributed by atoms with Crippen LogP contribution in [-0.2, 0) is 35.0 Å². The summed E-state index contributed by atoms with van der Waals surface area (Å²) >= 11 is 0. The van der Waals surface area contributed by atoms with Crippen molar-refractivity contribution in [2.45, 2.75) is 78.6 Å². The van der Waals surface area contributed by atoms with Crippen LogP contribution in [0.15, 0.2) is 12.5 Å². The van der Waals surface area contributed by atoms with E-state index in [2.05, 4.69) is 15.0 Å². The molecule has 0 saturated heterocycles. The first kappa shape index (κ1) is 26.1. The van der Waals surface area contributed by atoms with Crippen molar-refractivity contribution in [2.75, 3.05) is 7.11 Å². The summed E-state index contributed by atoms with van der Waals surface area (Å²) in [6, 6.07) is -0.891. The minimum atomic E-state index is -0.891. The number of amides is 1. The van der Waals surface area contributed by atoms with Crippen molar-refractivity contribution in [3.8, 4) is 0 Å². The molecule has 174 valence electrons. The summed E-state index contributed by atoms with van der Waals surface area (Å²) in [6.07, 6.45) is 1.93. The Balaban J connectivity index is 2.98. The quantitative estimate of drug-likeness (QED) is 0.506. The maximum Gasteiger partial charge on any atom is 0.419 e. The van der Waals surface area contributed by atoms with Gasteiger partial charge in [-0.3, -0.25) is 9.59 Å². The second kappa shape index (κ2) is 10.4. The van der Waals surface area contributed by atoms with Crippen LogP contribution in [0.25, 0.3) is 0 Å². The summed E-state index contributed by atoms with van der Waals surface area (Å²) in [6.45, 7) is 11.9. The molecule has 10 nitrogen and oxygen atoms in total. The Labute approximate surface area is 182 Å². The molecule has 0 aliphatic rings. The molecule has 0 aliphatic carbocycles. The molecule has 0 radical (unpaired) electrons. The van der Waals surface area contributed by atoms with Gasteiger partial charge in [0.05, 0.1) is 25.1 Å². The Morgan fingerprint density at radius 1 is 1.06 bits per heavy atom. The van der Waals surface area contributed by atoms with Gasteiger partial charge in [0.15, 0.2) is 0 Å². The Bertz CT molecular complexity index is 803. The third-order valence-corrected chi connectivity index (χ3v) is 3.81. The molecule has 2 atom stereocenters. The molecule has 31 heavy (non-hydrogen) atoms. The smallest absolute Gasteiger partial charge is 0.419 e. The lowest BCUT2D eigenvalue weighted by Crippen LogP contribution is -2.43. The van der Waals surface area contributed by atoms with E-state index in [4.69, 9.17) is 9.47 Å². The zero-order valence-corrected chi connectivity index (χ0v) is 19.5. The molecule has 0 aliphatic heterocycles. The van der Waals surface area contributed by atoms with E-state index in [-0.39, 0.29) is 12.8 Å². The van der Waals surface area contributed by atoms with Gasteiger partial charge in [0.25, 0.3) is 0 Å². The fourth-order valence-electron chi connectivity index (χ4n) is 2.54. The summed E-state index contributed by atoms with van der Waals surface area (Å²) in [4.78, 5) is 53.0. The normalized spacial score (nSPS) is 13.7. The molecule has 0 fully saturated rings. The van der Waals surface area contributed by atoms with Gasteiger partial charge < -0.3 is 19.5 Å². The molecule has 0 aromatic carbocycles. The van der Waals surface area contributed by atoms with Crippen molar-refractivity contribution in [1.29, 1.82) is 0 Å². The van der Waals surface area contributed by atoms with E-state index in [9.17, 15) is 19.2 Å². The minimum absolute atomic E-state index is 0.0504. The van der Waals surface area contributed by atoms with Crippen molar-refractivity contribution in [3.05, 3.63) is 18.2 Å². The molecule has 1 aromatic heterocycles. The zero-order chi connectivity index (χ0) is 24.0. The van der Waals surface area contributed by atoms with Crippen LogP contribution in [0.2, 0.25) is 0 Å². The van der Waals surface area contributed by atoms with Crippen molar-refractivity contribution in [3.63, 3.8) is 0 Å². The lowest BCUT2D eigenvalue weighted by atomic mass is 9.98. The monoisotopic (exact) mass is 439 g/mol. The summed E-state index contributed by atoms with van der Waals surface area (Å²) in [7, 11) is 1.21. The summed E-state index contributed by atoms with van der Waals surface area (Å²) in [5, 5.41) is 2.53. The predicted molar refractivity (Wildman–Crippen MR) is 111 cm³/mol. The summed E-state index contributed by atoms with van der Waals surface area (Å²) < 4.78 is 16.4. The number of hydrogen-bond donors (Lipinski definition) is 1. The Morgan fingerprint density at radius 2 is 1.65 bits per heavy atom. The number of methoxy groups -OCH3 is 1. The second-order valence-corrected chi connectivity index (χ2v) is 9.20. The van der Waals surface area contributed by atoms with Gasteiger partial charge in [0.1, 0.15) is 23.6 Å². The van der Waals surface area contributed by atoms with Crippen LogP contribution < -0.4 is 5.32 Å². The molecule has 1 amide bonds. The lowest BCUT2D eigenvalue weighted by molar-refractivity contribution is -0.157. The lowest BCUT2D eigenvalue weighted by Gasteiger charge is -2.22. The number of nitrogens with one attached hydrogen (secondary N) is 1. The number of aromatic nitrogens is 2. The highest BCUT2D eigenvalue weighted by atomic mass is 16.6. The Hall–Kier alpha value is -2.91. The van der Waals surface area contributed by atoms with E-state index >= 15 is 0 Å². The summed E-state index contributed by atoms with van der Waals surface area (Å²) in [5.41, 5.74) is -0.985. The molecule has 0 saturated carbocycles. The van der Waals surface area contributed by atoms with Crippen molar-refractivity contribution in [1.82, 2.24) is 14.9 Å². The number of imidazole rings is 1. The van der Waals surface area contributed by atoms with E-state index in [0.717, 1.165) is 0 Å². The molecular formula is C21H33N3O7. The molecule has 1 N–H and O–H groups in total. The molecule has 1 heterocycles. The van der Waals surface area contributed by atoms with E-state index in [1.807, 2.05) is 0 Å². The second-order valence-electron chi connectivity index (χ2n) is 9.20. The number of hydrogen-bond acceptors (Lipinski definition) is 8. The molecule has 0 bridgehead atoms. The van der Waals surface area contributed by atoms with Crippen LogP contribution in [0.1, 0.15) is 60.6 Å². The van der Waals surface area contributed by atoms with E-state index in [0.29, 0.717) is 5.69 Å². The van der Waals surface area contributed by atoms with E-state index in [1.165, 1.54) is 31.1 Å². The third kappa shape index (κ3) is 9.63. The summed E-state index contributed by atoms with van der Waals surface area (Å²) in [5.74, 6) is -2.58. The average Bonchev–Trinajstić information content (AvgIpc) is 3.06. The number of carbonyl (C=O) groups is 4. The molecular weight excluding hydrogens is 406 g/mol. The maximum absolute atomic E-state index is 12.8. The maximum atomic E-state index is 12.8. The molecule has 1 aromatic rings. The topological polar surface area (TPSA) is 126 Å². The highest BCUT2D eigenvalue weighted by Gasteiger charge is 2.29. The van der Waals surface area contributed by atoms with Crippen molar-refractivity contribution < 1.29 is 33.4 Å². The number of ether oxygens (including phenoxy) is 3. The van der Waals surface area contributed by atoms with E-state index in [1.54, 1.807) is 41.5 Å². The van der Waals surface area contributed by atoms with Crippen LogP contribution >= 0.6 is 0 Å². The van der Waals surface area contributed by atoms with Gasteiger partial charge in [-0.1, -0.05) is 0 Å². The minimum Gasteiger partial charge on any atom is -0.467 e. The zero-order valence-electron chi connectivity index (χ0n) is 19.5. The number of esters is 2. The largest absolute Gasteiger partial charge is 0.467 e. The van der Waals surface area contributed by atoms with Crippen molar-refractivity contribution >= 4 is 23.9 Å². The van der Waals surface area contributed by atoms with Gasteiger partial charge in [-0.25, -0.2) is 19.1 Å². The van der Waals surface area contributed by atoms with Gasteiger partial charge >= 0.3 is 18.0 Å². The number of nitrogens with zero attached hydrogens (tertiary/aromatic N) is 2. The van der Waals surface area contributed by atoms with Crippen LogP contribution in [-0.4, -0.2) is 57.8 Å². The molecule has 1 rings (SSSR count). The first-order valence-electron chi connectivity index (χ1n) is 9.97. The van der Waals surface area contributed by atoms with Gasteiger partial charge in [-0.15, -0.1) is 0 Å². The Kier molecular flexibility index (Phi) is 8.77. The number of carbonyl (C=O) groups excluding carboxylic acids is 4. The highest BCUT2D eigenvalue weighted by molar-refractivity contribution is 5.88. The van der Waals surface area contributed by atoms with Crippen molar-refractivity contribution in [2.24, 2.45) is 5.92 Å². The van der Waals surface area contributed by atoms with Crippen LogP contribution in [0.5, 0.6) is 0 Å². The molecule has 2 unspecified atom stereocenters. The standard InChI is InChI=1S/C21H33N3O7/c1-13(18(27)29-8)23-17(26)14(10-16(25)30-20(2,3)4)9-15-11-24(12-22-15)19(28)31-21(5,6)7/h11-14H,9-10H2,1-8H3,(H,23,26). The SMILES string of the molecule is COC(=O)C(C)NC(=O)C(CC(=O)OC(C)(C)C)Cc1cn(C(=O)OC(C)(C)C)cn1. The fraction of sp³-hybridized carbons (Fsp3) is 0.667. The first-order chi connectivity index (χ1) is 14.1. The first-order valence-corrected chi connectivity index (χ1v) is 9.97. The van der Waals surface area contributed by atoms with Crippen LogP contribution in [0, 0.1) is 5.92 Å². The molecule has 10 heteroatoms. The average molecular weight is 440 g/mol. The van der Waals surface area contributed by atoms with Crippen LogP contribution in [0.3, 0.4) is 0 Å². The predicted octanol–water partition coefficient (Wildman–Crippen LogP) is 2.23. The fourth-order valence-corrected chi connectivity index (χ4v) is 2.54. The van der Waals surface area contributed by atoms with Gasteiger partial charge in [-0.2, -0.15) is 0 Å². The number of rotatable bonds is 7. The van der Waals surface area contributed by atoms with E-state index < -0.39 is 47.1 Å². The Morgan fingerprint density at radius 3 is 2.16 bits per heavy atom. The highest BCUT2D eigenvalue weighted by Crippen LogP contribution is 2.17. The van der Waals surface area contributed by atoms with Gasteiger partial charge in [-0.05, 0) is 48.5 Å². The molecule has 0 spiro atoms. The van der Waals surface area contributed by atoms with Gasteiger partial charge in [0, 0.05) is 12.6 Å². The van der Waals surface area contributed by atoms with Gasteiger partial charge in [0.2, 0.25) is 5.91 Å². The third-order valence-electron chi connectivity index (χ3n) is 3.81.